The number of aromatic nitrogens is 2. The van der Waals surface area contributed by atoms with Crippen molar-refractivity contribution in [3.8, 4) is 17.1 Å². The van der Waals surface area contributed by atoms with Gasteiger partial charge >= 0.3 is 0 Å². The summed E-state index contributed by atoms with van der Waals surface area (Å²) in [5.74, 6) is 1.68. The van der Waals surface area contributed by atoms with Crippen LogP contribution in [0.2, 0.25) is 0 Å². The minimum atomic E-state index is -0.240. The highest BCUT2D eigenvalue weighted by Gasteiger charge is 2.20. The highest BCUT2D eigenvalue weighted by atomic mass is 16.5. The second-order valence-corrected chi connectivity index (χ2v) is 4.64. The Labute approximate surface area is 106 Å². The van der Waals surface area contributed by atoms with Crippen LogP contribution < -0.4 is 4.74 Å². The minimum absolute atomic E-state index is 0.240. The van der Waals surface area contributed by atoms with Gasteiger partial charge in [-0.1, -0.05) is 12.1 Å². The predicted molar refractivity (Wildman–Crippen MR) is 68.6 cm³/mol. The van der Waals surface area contributed by atoms with E-state index in [1.54, 1.807) is 7.11 Å². The van der Waals surface area contributed by atoms with Crippen molar-refractivity contribution < 1.29 is 9.84 Å². The lowest BCUT2D eigenvalue weighted by molar-refractivity contribution is 0.157. The van der Waals surface area contributed by atoms with E-state index in [2.05, 4.69) is 9.97 Å². The van der Waals surface area contributed by atoms with E-state index in [4.69, 9.17) is 4.74 Å². The highest BCUT2D eigenvalue weighted by Crippen LogP contribution is 2.26. The van der Waals surface area contributed by atoms with E-state index in [0.717, 1.165) is 41.4 Å². The Morgan fingerprint density at radius 3 is 3.17 bits per heavy atom. The number of hydrogen-bond donors (Lipinski definition) is 2. The van der Waals surface area contributed by atoms with Crippen LogP contribution in [-0.2, 0) is 12.8 Å². The topological polar surface area (TPSA) is 58.1 Å². The largest absolute Gasteiger partial charge is 0.497 e. The first-order chi connectivity index (χ1) is 8.76. The Kier molecular flexibility index (Phi) is 2.80. The molecule has 0 saturated carbocycles. The molecule has 1 aromatic carbocycles. The summed E-state index contributed by atoms with van der Waals surface area (Å²) in [6.45, 7) is 0. The number of aryl methyl sites for hydroxylation is 1. The standard InChI is InChI=1S/C14H16N2O2/c1-18-11-4-2-3-9(7-11)14-15-12-6-5-10(17)8-13(12)16-14/h2-4,7,10,17H,5-6,8H2,1H3,(H,15,16). The van der Waals surface area contributed by atoms with Crippen molar-refractivity contribution in [3.63, 3.8) is 0 Å². The molecule has 0 amide bonds. The Hall–Kier alpha value is -1.81. The molecule has 4 heteroatoms. The summed E-state index contributed by atoms with van der Waals surface area (Å²) in [4.78, 5) is 7.91. The Morgan fingerprint density at radius 1 is 1.44 bits per heavy atom. The van der Waals surface area contributed by atoms with Gasteiger partial charge in [-0.25, -0.2) is 4.98 Å². The van der Waals surface area contributed by atoms with Crippen LogP contribution >= 0.6 is 0 Å². The third-order valence-electron chi connectivity index (χ3n) is 3.36. The van der Waals surface area contributed by atoms with Crippen molar-refractivity contribution in [2.24, 2.45) is 0 Å². The molecule has 1 unspecified atom stereocenters. The van der Waals surface area contributed by atoms with Crippen molar-refractivity contribution >= 4 is 0 Å². The monoisotopic (exact) mass is 244 g/mol. The van der Waals surface area contributed by atoms with Crippen LogP contribution in [0.5, 0.6) is 5.75 Å². The van der Waals surface area contributed by atoms with Crippen LogP contribution in [0.3, 0.4) is 0 Å². The average Bonchev–Trinajstić information content (AvgIpc) is 2.81. The average molecular weight is 244 g/mol. The van der Waals surface area contributed by atoms with Gasteiger partial charge in [0.25, 0.3) is 0 Å². The van der Waals surface area contributed by atoms with Gasteiger partial charge in [0, 0.05) is 17.7 Å². The molecule has 1 aromatic heterocycles. The molecular formula is C14H16N2O2. The smallest absolute Gasteiger partial charge is 0.137 e. The van der Waals surface area contributed by atoms with Gasteiger partial charge in [0.2, 0.25) is 0 Å². The van der Waals surface area contributed by atoms with Crippen LogP contribution in [-0.4, -0.2) is 28.3 Å². The number of hydrogen-bond acceptors (Lipinski definition) is 3. The van der Waals surface area contributed by atoms with Crippen molar-refractivity contribution in [1.82, 2.24) is 9.97 Å². The van der Waals surface area contributed by atoms with E-state index >= 15 is 0 Å². The summed E-state index contributed by atoms with van der Waals surface area (Å²) in [6.07, 6.45) is 2.08. The van der Waals surface area contributed by atoms with Gasteiger partial charge in [0.15, 0.2) is 0 Å². The number of ether oxygens (including phenoxy) is 1. The second kappa shape index (κ2) is 4.46. The summed E-state index contributed by atoms with van der Waals surface area (Å²) in [7, 11) is 1.66. The second-order valence-electron chi connectivity index (χ2n) is 4.64. The number of methoxy groups -OCH3 is 1. The van der Waals surface area contributed by atoms with Crippen LogP contribution in [0.4, 0.5) is 0 Å². The molecule has 0 radical (unpaired) electrons. The minimum Gasteiger partial charge on any atom is -0.497 e. The maximum absolute atomic E-state index is 9.65. The molecule has 0 saturated heterocycles. The molecular weight excluding hydrogens is 228 g/mol. The third-order valence-corrected chi connectivity index (χ3v) is 3.36. The van der Waals surface area contributed by atoms with E-state index in [1.807, 2.05) is 24.3 Å². The van der Waals surface area contributed by atoms with Gasteiger partial charge in [-0.15, -0.1) is 0 Å². The molecule has 0 aliphatic heterocycles. The number of aromatic amines is 1. The van der Waals surface area contributed by atoms with Crippen molar-refractivity contribution in [1.29, 1.82) is 0 Å². The molecule has 1 atom stereocenters. The lowest BCUT2D eigenvalue weighted by Crippen LogP contribution is -2.18. The highest BCUT2D eigenvalue weighted by molar-refractivity contribution is 5.58. The first-order valence-corrected chi connectivity index (χ1v) is 6.16. The number of aliphatic hydroxyl groups excluding tert-OH is 1. The molecule has 0 bridgehead atoms. The van der Waals surface area contributed by atoms with E-state index in [1.165, 1.54) is 0 Å². The summed E-state index contributed by atoms with van der Waals surface area (Å²) in [6, 6.07) is 7.82. The number of benzene rings is 1. The van der Waals surface area contributed by atoms with E-state index in [9.17, 15) is 5.11 Å². The molecule has 1 heterocycles. The van der Waals surface area contributed by atoms with Crippen molar-refractivity contribution in [3.05, 3.63) is 35.7 Å². The fraction of sp³-hybridized carbons (Fsp3) is 0.357. The fourth-order valence-corrected chi connectivity index (χ4v) is 2.37. The normalized spacial score (nSPS) is 18.4. The van der Waals surface area contributed by atoms with Crippen molar-refractivity contribution in [2.45, 2.75) is 25.4 Å². The zero-order valence-corrected chi connectivity index (χ0v) is 10.3. The maximum atomic E-state index is 9.65. The lowest BCUT2D eigenvalue weighted by Gasteiger charge is -2.14. The van der Waals surface area contributed by atoms with Gasteiger partial charge in [0.1, 0.15) is 11.6 Å². The number of aliphatic hydroxyl groups is 1. The van der Waals surface area contributed by atoms with Crippen LogP contribution in [0.15, 0.2) is 24.3 Å². The number of H-pyrrole nitrogens is 1. The molecule has 94 valence electrons. The zero-order valence-electron chi connectivity index (χ0n) is 10.3. The molecule has 2 aromatic rings. The molecule has 4 nitrogen and oxygen atoms in total. The molecule has 0 spiro atoms. The third kappa shape index (κ3) is 1.99. The van der Waals surface area contributed by atoms with Gasteiger partial charge in [-0.05, 0) is 25.0 Å². The lowest BCUT2D eigenvalue weighted by atomic mass is 9.99. The maximum Gasteiger partial charge on any atom is 0.137 e. The first-order valence-electron chi connectivity index (χ1n) is 6.16. The SMILES string of the molecule is COc1cccc(-c2nc3c([nH]2)CC(O)CC3)c1. The Morgan fingerprint density at radius 2 is 2.33 bits per heavy atom. The summed E-state index contributed by atoms with van der Waals surface area (Å²) in [5, 5.41) is 9.65. The number of nitrogens with zero attached hydrogens (tertiary/aromatic N) is 1. The number of imidazole rings is 1. The predicted octanol–water partition coefficient (Wildman–Crippen LogP) is 1.93. The molecule has 1 aliphatic carbocycles. The Bertz CT molecular complexity index is 563. The van der Waals surface area contributed by atoms with E-state index in [0.29, 0.717) is 6.42 Å². The molecule has 0 fully saturated rings. The van der Waals surface area contributed by atoms with E-state index < -0.39 is 0 Å². The van der Waals surface area contributed by atoms with Crippen LogP contribution in [0.1, 0.15) is 17.8 Å². The number of rotatable bonds is 2. The molecule has 2 N–H and O–H groups in total. The summed E-state index contributed by atoms with van der Waals surface area (Å²) < 4.78 is 5.21. The number of fused-ring (bicyclic) bond motifs is 1. The van der Waals surface area contributed by atoms with Gasteiger partial charge in [-0.3, -0.25) is 0 Å². The first kappa shape index (κ1) is 11.3. The Balaban J connectivity index is 1.97. The van der Waals surface area contributed by atoms with Gasteiger partial charge < -0.3 is 14.8 Å². The fourth-order valence-electron chi connectivity index (χ4n) is 2.37. The van der Waals surface area contributed by atoms with Gasteiger partial charge in [-0.2, -0.15) is 0 Å². The molecule has 3 rings (SSSR count). The molecule has 1 aliphatic rings. The van der Waals surface area contributed by atoms with Gasteiger partial charge in [0.05, 0.1) is 18.9 Å². The quantitative estimate of drug-likeness (QED) is 0.848. The van der Waals surface area contributed by atoms with Crippen LogP contribution in [0, 0.1) is 0 Å². The molecule has 18 heavy (non-hydrogen) atoms. The van der Waals surface area contributed by atoms with Crippen molar-refractivity contribution in [2.75, 3.05) is 7.11 Å². The summed E-state index contributed by atoms with van der Waals surface area (Å²) in [5.41, 5.74) is 3.16. The zero-order chi connectivity index (χ0) is 12.5. The van der Waals surface area contributed by atoms with E-state index in [-0.39, 0.29) is 6.10 Å². The summed E-state index contributed by atoms with van der Waals surface area (Å²) >= 11 is 0. The van der Waals surface area contributed by atoms with Crippen LogP contribution in [0.25, 0.3) is 11.4 Å². The number of nitrogens with one attached hydrogen (secondary N) is 1.